The van der Waals surface area contributed by atoms with Crippen molar-refractivity contribution in [2.24, 2.45) is 0 Å². The Kier molecular flexibility index (Phi) is 6.63. The van der Waals surface area contributed by atoms with E-state index in [0.29, 0.717) is 29.5 Å². The van der Waals surface area contributed by atoms with Gasteiger partial charge in [-0.05, 0) is 48.9 Å². The number of ether oxygens (including phenoxy) is 1. The molecule has 10 nitrogen and oxygen atoms in total. The first-order valence-electron chi connectivity index (χ1n) is 10.5. The van der Waals surface area contributed by atoms with E-state index in [-0.39, 0.29) is 18.0 Å². The van der Waals surface area contributed by atoms with E-state index in [1.165, 1.54) is 28.6 Å². The summed E-state index contributed by atoms with van der Waals surface area (Å²) in [5.74, 6) is -1.17. The fraction of sp³-hybridized carbons (Fsp3) is 0.318. The van der Waals surface area contributed by atoms with Crippen molar-refractivity contribution in [1.29, 1.82) is 0 Å². The minimum atomic E-state index is -3.66. The average molecular weight is 507 g/mol. The van der Waals surface area contributed by atoms with Crippen LogP contribution in [0.2, 0.25) is 5.02 Å². The van der Waals surface area contributed by atoms with Crippen LogP contribution >= 0.6 is 11.6 Å². The monoisotopic (exact) mass is 506 g/mol. The highest BCUT2D eigenvalue weighted by Crippen LogP contribution is 2.29. The van der Waals surface area contributed by atoms with Crippen LogP contribution in [0, 0.1) is 0 Å². The van der Waals surface area contributed by atoms with E-state index in [1.54, 1.807) is 31.2 Å². The second-order valence-electron chi connectivity index (χ2n) is 8.04. The molecule has 2 aromatic carbocycles. The number of sulfonamides is 1. The Hall–Kier alpha value is -2.99. The van der Waals surface area contributed by atoms with Crippen LogP contribution in [-0.4, -0.2) is 68.3 Å². The maximum Gasteiger partial charge on any atom is 0.325 e. The lowest BCUT2D eigenvalue weighted by atomic mass is 9.92. The van der Waals surface area contributed by atoms with Gasteiger partial charge >= 0.3 is 6.03 Å². The lowest BCUT2D eigenvalue weighted by Crippen LogP contribution is -2.42. The number of hydrogen-bond donors (Lipinski definition) is 2. The summed E-state index contributed by atoms with van der Waals surface area (Å²) in [6.07, 6.45) is 0. The normalized spacial score (nSPS) is 21.4. The van der Waals surface area contributed by atoms with Crippen molar-refractivity contribution in [3.05, 3.63) is 59.1 Å². The van der Waals surface area contributed by atoms with E-state index < -0.39 is 40.0 Å². The molecule has 2 aliphatic rings. The van der Waals surface area contributed by atoms with Crippen LogP contribution in [0.4, 0.5) is 10.5 Å². The predicted octanol–water partition coefficient (Wildman–Crippen LogP) is 1.77. The summed E-state index contributed by atoms with van der Waals surface area (Å²) in [6.45, 7) is 2.30. The van der Waals surface area contributed by atoms with Gasteiger partial charge in [-0.3, -0.25) is 14.5 Å². The van der Waals surface area contributed by atoms with Gasteiger partial charge in [-0.15, -0.1) is 0 Å². The number of halogens is 1. The van der Waals surface area contributed by atoms with Gasteiger partial charge in [0, 0.05) is 23.8 Å². The number of benzene rings is 2. The molecule has 2 aliphatic heterocycles. The second-order valence-corrected chi connectivity index (χ2v) is 10.4. The minimum absolute atomic E-state index is 0.0974. The molecule has 2 fully saturated rings. The van der Waals surface area contributed by atoms with Gasteiger partial charge < -0.3 is 15.4 Å². The molecule has 0 aliphatic carbocycles. The summed E-state index contributed by atoms with van der Waals surface area (Å²) in [5, 5.41) is 5.70. The maximum atomic E-state index is 13.0. The van der Waals surface area contributed by atoms with Crippen molar-refractivity contribution in [2.45, 2.75) is 17.4 Å². The topological polar surface area (TPSA) is 125 Å². The summed E-state index contributed by atoms with van der Waals surface area (Å²) < 4.78 is 32.0. The Morgan fingerprint density at radius 1 is 1.09 bits per heavy atom. The highest BCUT2D eigenvalue weighted by atomic mass is 35.5. The summed E-state index contributed by atoms with van der Waals surface area (Å²) in [5.41, 5.74) is -0.453. The molecule has 2 aromatic rings. The number of morpholine rings is 1. The van der Waals surface area contributed by atoms with Crippen molar-refractivity contribution in [3.8, 4) is 0 Å². The molecule has 2 saturated heterocycles. The van der Waals surface area contributed by atoms with E-state index >= 15 is 0 Å². The summed E-state index contributed by atoms with van der Waals surface area (Å²) in [7, 11) is -3.66. The van der Waals surface area contributed by atoms with Crippen molar-refractivity contribution in [2.75, 3.05) is 38.2 Å². The Labute approximate surface area is 201 Å². The van der Waals surface area contributed by atoms with E-state index in [1.807, 2.05) is 0 Å². The fourth-order valence-corrected chi connectivity index (χ4v) is 5.34. The number of urea groups is 1. The highest BCUT2D eigenvalue weighted by Gasteiger charge is 2.49. The fourth-order valence-electron chi connectivity index (χ4n) is 3.81. The van der Waals surface area contributed by atoms with Crippen LogP contribution in [0.25, 0.3) is 0 Å². The average Bonchev–Trinajstić information content (AvgIpc) is 3.04. The van der Waals surface area contributed by atoms with Gasteiger partial charge in [0.05, 0.1) is 18.1 Å². The third-order valence-electron chi connectivity index (χ3n) is 5.74. The molecule has 0 saturated carbocycles. The Bertz CT molecular complexity index is 1210. The number of carbonyl (C=O) groups excluding carboxylic acids is 3. The zero-order valence-electron chi connectivity index (χ0n) is 18.3. The van der Waals surface area contributed by atoms with Crippen molar-refractivity contribution in [3.63, 3.8) is 0 Å². The number of nitrogens with zero attached hydrogens (tertiary/aromatic N) is 2. The first-order chi connectivity index (χ1) is 16.1. The number of hydrogen-bond acceptors (Lipinski definition) is 6. The standard InChI is InChI=1S/C22H23ClN4O6S/c1-22(15-2-4-16(23)5-3-15)20(29)27(21(30)25-22)14-19(28)24-17-6-8-18(9-7-17)34(31,32)26-10-12-33-13-11-26/h2-9H,10-14H2,1H3,(H,24,28)(H,25,30)/t22-/m1/s1. The van der Waals surface area contributed by atoms with Gasteiger partial charge in [0.2, 0.25) is 15.9 Å². The molecule has 0 spiro atoms. The lowest BCUT2D eigenvalue weighted by Gasteiger charge is -2.26. The SMILES string of the molecule is C[C@]1(c2ccc(Cl)cc2)NC(=O)N(CC(=O)Nc2ccc(S(=O)(=O)N3CCOCC3)cc2)C1=O. The molecule has 2 heterocycles. The zero-order valence-corrected chi connectivity index (χ0v) is 19.9. The Balaban J connectivity index is 1.41. The van der Waals surface area contributed by atoms with Crippen molar-refractivity contribution >= 4 is 45.2 Å². The smallest absolute Gasteiger partial charge is 0.325 e. The van der Waals surface area contributed by atoms with Gasteiger partial charge in [0.15, 0.2) is 0 Å². The van der Waals surface area contributed by atoms with Crippen LogP contribution in [0.5, 0.6) is 0 Å². The van der Waals surface area contributed by atoms with E-state index in [2.05, 4.69) is 10.6 Å². The third kappa shape index (κ3) is 4.64. The second kappa shape index (κ2) is 9.34. The van der Waals surface area contributed by atoms with Crippen LogP contribution < -0.4 is 10.6 Å². The van der Waals surface area contributed by atoms with Crippen LogP contribution in [-0.2, 0) is 29.9 Å². The van der Waals surface area contributed by atoms with E-state index in [9.17, 15) is 22.8 Å². The largest absolute Gasteiger partial charge is 0.379 e. The molecule has 4 rings (SSSR count). The molecular formula is C22H23ClN4O6S. The number of carbonyl (C=O) groups is 3. The zero-order chi connectivity index (χ0) is 24.5. The summed E-state index contributed by atoms with van der Waals surface area (Å²) >= 11 is 5.90. The molecule has 0 bridgehead atoms. The molecule has 34 heavy (non-hydrogen) atoms. The lowest BCUT2D eigenvalue weighted by molar-refractivity contribution is -0.133. The summed E-state index contributed by atoms with van der Waals surface area (Å²) in [4.78, 5) is 38.9. The highest BCUT2D eigenvalue weighted by molar-refractivity contribution is 7.89. The number of amides is 4. The number of rotatable bonds is 6. The van der Waals surface area contributed by atoms with Gasteiger partial charge in [0.1, 0.15) is 12.1 Å². The molecule has 4 amide bonds. The molecule has 12 heteroatoms. The van der Waals surface area contributed by atoms with E-state index in [4.69, 9.17) is 16.3 Å². The van der Waals surface area contributed by atoms with Gasteiger partial charge in [-0.25, -0.2) is 13.2 Å². The molecule has 0 radical (unpaired) electrons. The Morgan fingerprint density at radius 3 is 2.32 bits per heavy atom. The molecule has 180 valence electrons. The molecule has 0 unspecified atom stereocenters. The molecular weight excluding hydrogens is 484 g/mol. The number of anilines is 1. The van der Waals surface area contributed by atoms with Crippen LogP contribution in [0.15, 0.2) is 53.4 Å². The minimum Gasteiger partial charge on any atom is -0.379 e. The molecule has 0 aromatic heterocycles. The molecule has 2 N–H and O–H groups in total. The van der Waals surface area contributed by atoms with Gasteiger partial charge in [0.25, 0.3) is 5.91 Å². The van der Waals surface area contributed by atoms with Gasteiger partial charge in [-0.1, -0.05) is 23.7 Å². The quantitative estimate of drug-likeness (QED) is 0.575. The summed E-state index contributed by atoms with van der Waals surface area (Å²) in [6, 6.07) is 11.5. The van der Waals surface area contributed by atoms with Gasteiger partial charge in [-0.2, -0.15) is 4.31 Å². The maximum absolute atomic E-state index is 13.0. The van der Waals surface area contributed by atoms with Crippen LogP contribution in [0.3, 0.4) is 0 Å². The predicted molar refractivity (Wildman–Crippen MR) is 124 cm³/mol. The number of imide groups is 1. The van der Waals surface area contributed by atoms with Crippen LogP contribution in [0.1, 0.15) is 12.5 Å². The first kappa shape index (κ1) is 24.1. The van der Waals surface area contributed by atoms with Crippen molar-refractivity contribution in [1.82, 2.24) is 14.5 Å². The van der Waals surface area contributed by atoms with E-state index in [0.717, 1.165) is 4.90 Å². The third-order valence-corrected chi connectivity index (χ3v) is 7.91. The Morgan fingerprint density at radius 2 is 1.71 bits per heavy atom. The molecule has 1 atom stereocenters. The number of nitrogens with one attached hydrogen (secondary N) is 2. The van der Waals surface area contributed by atoms with Crippen molar-refractivity contribution < 1.29 is 27.5 Å². The first-order valence-corrected chi connectivity index (χ1v) is 12.3.